The van der Waals surface area contributed by atoms with Gasteiger partial charge < -0.3 is 10.2 Å². The van der Waals surface area contributed by atoms with Gasteiger partial charge in [-0.15, -0.1) is 0 Å². The molecule has 0 spiro atoms. The first-order valence-corrected chi connectivity index (χ1v) is 6.07. The third-order valence-electron chi connectivity index (χ3n) is 3.06. The summed E-state index contributed by atoms with van der Waals surface area (Å²) in [4.78, 5) is 24.7. The summed E-state index contributed by atoms with van der Waals surface area (Å²) in [6.07, 6.45) is -4.41. The van der Waals surface area contributed by atoms with Crippen molar-refractivity contribution in [3.05, 3.63) is 29.8 Å². The molecule has 1 heterocycles. The molecular formula is C13H13F3N2O2. The normalized spacial score (nSPS) is 20.6. The fourth-order valence-corrected chi connectivity index (χ4v) is 2.04. The van der Waals surface area contributed by atoms with Crippen LogP contribution in [0.5, 0.6) is 0 Å². The molecular weight excluding hydrogens is 273 g/mol. The Labute approximate surface area is 113 Å². The van der Waals surface area contributed by atoms with Crippen LogP contribution in [0.1, 0.15) is 18.9 Å². The summed E-state index contributed by atoms with van der Waals surface area (Å²) < 4.78 is 38.0. The molecule has 20 heavy (non-hydrogen) atoms. The van der Waals surface area contributed by atoms with E-state index < -0.39 is 23.7 Å². The summed E-state index contributed by atoms with van der Waals surface area (Å²) in [5, 5.41) is 2.48. The molecule has 0 radical (unpaired) electrons. The molecule has 1 aromatic carbocycles. The van der Waals surface area contributed by atoms with Crippen molar-refractivity contribution in [1.29, 1.82) is 0 Å². The first-order chi connectivity index (χ1) is 9.29. The van der Waals surface area contributed by atoms with Crippen molar-refractivity contribution < 1.29 is 22.8 Å². The van der Waals surface area contributed by atoms with Crippen LogP contribution in [0.3, 0.4) is 0 Å². The summed E-state index contributed by atoms with van der Waals surface area (Å²) in [5.74, 6) is -0.712. The summed E-state index contributed by atoms with van der Waals surface area (Å²) in [7, 11) is 0. The molecule has 1 aliphatic rings. The summed E-state index contributed by atoms with van der Waals surface area (Å²) in [5.41, 5.74) is -0.674. The van der Waals surface area contributed by atoms with Gasteiger partial charge in [0.15, 0.2) is 0 Å². The number of hydrogen-bond acceptors (Lipinski definition) is 2. The highest BCUT2D eigenvalue weighted by Crippen LogP contribution is 2.32. The lowest BCUT2D eigenvalue weighted by Crippen LogP contribution is -2.42. The Hall–Kier alpha value is -2.05. The lowest BCUT2D eigenvalue weighted by atomic mass is 10.1. The smallest absolute Gasteiger partial charge is 0.345 e. The first-order valence-electron chi connectivity index (χ1n) is 6.07. The number of alkyl halides is 3. The molecule has 1 aromatic rings. The zero-order valence-corrected chi connectivity index (χ0v) is 10.7. The molecule has 1 atom stereocenters. The monoisotopic (exact) mass is 286 g/mol. The number of nitrogens with one attached hydrogen (secondary N) is 1. The third kappa shape index (κ3) is 2.92. The molecule has 0 aromatic heterocycles. The van der Waals surface area contributed by atoms with Gasteiger partial charge in [-0.25, -0.2) is 0 Å². The first kappa shape index (κ1) is 14.4. The Morgan fingerprint density at radius 2 is 2.00 bits per heavy atom. The number of rotatable bonds is 1. The van der Waals surface area contributed by atoms with Crippen LogP contribution in [0.4, 0.5) is 18.9 Å². The van der Waals surface area contributed by atoms with Crippen molar-refractivity contribution in [3.8, 4) is 0 Å². The number of hydrogen-bond donors (Lipinski definition) is 1. The maximum absolute atomic E-state index is 12.7. The molecule has 4 nitrogen and oxygen atoms in total. The van der Waals surface area contributed by atoms with E-state index in [-0.39, 0.29) is 24.6 Å². The van der Waals surface area contributed by atoms with Crippen LogP contribution in [0.15, 0.2) is 24.3 Å². The summed E-state index contributed by atoms with van der Waals surface area (Å²) in [6, 6.07) is 3.78. The zero-order chi connectivity index (χ0) is 14.9. The van der Waals surface area contributed by atoms with Gasteiger partial charge in [-0.3, -0.25) is 9.59 Å². The van der Waals surface area contributed by atoms with E-state index in [0.29, 0.717) is 0 Å². The van der Waals surface area contributed by atoms with Crippen LogP contribution < -0.4 is 10.2 Å². The second-order valence-corrected chi connectivity index (χ2v) is 4.58. The third-order valence-corrected chi connectivity index (χ3v) is 3.06. The highest BCUT2D eigenvalue weighted by molar-refractivity contribution is 6.01. The van der Waals surface area contributed by atoms with Crippen molar-refractivity contribution in [1.82, 2.24) is 5.32 Å². The van der Waals surface area contributed by atoms with Gasteiger partial charge in [0, 0.05) is 18.7 Å². The van der Waals surface area contributed by atoms with Crippen LogP contribution in [0, 0.1) is 0 Å². The molecule has 1 fully saturated rings. The van der Waals surface area contributed by atoms with E-state index in [1.807, 2.05) is 0 Å². The van der Waals surface area contributed by atoms with Gasteiger partial charge in [-0.1, -0.05) is 6.07 Å². The van der Waals surface area contributed by atoms with E-state index in [1.54, 1.807) is 0 Å². The Balaban J connectivity index is 2.35. The van der Waals surface area contributed by atoms with Gasteiger partial charge in [0.2, 0.25) is 11.8 Å². The van der Waals surface area contributed by atoms with E-state index >= 15 is 0 Å². The molecule has 0 saturated carbocycles. The van der Waals surface area contributed by atoms with E-state index in [9.17, 15) is 22.8 Å². The van der Waals surface area contributed by atoms with Crippen molar-refractivity contribution in [2.75, 3.05) is 11.4 Å². The Kier molecular flexibility index (Phi) is 3.69. The lowest BCUT2D eigenvalue weighted by molar-refractivity contribution is -0.137. The molecule has 1 N–H and O–H groups in total. The molecule has 1 unspecified atom stereocenters. The summed E-state index contributed by atoms with van der Waals surface area (Å²) >= 11 is 0. The van der Waals surface area contributed by atoms with E-state index in [1.165, 1.54) is 24.0 Å². The highest BCUT2D eigenvalue weighted by Gasteiger charge is 2.32. The minimum absolute atomic E-state index is 0.0618. The fraction of sp³-hybridized carbons (Fsp3) is 0.385. The standard InChI is InChI=1S/C13H13F3N2O2/c1-8-12(20)18(6-5-11(19)17-8)10-4-2-3-9(7-10)13(14,15)16/h2-4,7-8H,5-6H2,1H3,(H,17,19). The number of carbonyl (C=O) groups is 2. The predicted octanol–water partition coefficient (Wildman–Crippen LogP) is 1.95. The average molecular weight is 286 g/mol. The van der Waals surface area contributed by atoms with Crippen molar-refractivity contribution in [2.45, 2.75) is 25.6 Å². The van der Waals surface area contributed by atoms with Crippen LogP contribution in [-0.4, -0.2) is 24.4 Å². The number of benzene rings is 1. The van der Waals surface area contributed by atoms with E-state index in [0.717, 1.165) is 12.1 Å². The molecule has 0 aliphatic carbocycles. The highest BCUT2D eigenvalue weighted by atomic mass is 19.4. The average Bonchev–Trinajstić information content (AvgIpc) is 2.49. The number of carbonyl (C=O) groups excluding carboxylic acids is 2. The predicted molar refractivity (Wildman–Crippen MR) is 66.0 cm³/mol. The van der Waals surface area contributed by atoms with Crippen LogP contribution >= 0.6 is 0 Å². The molecule has 1 aliphatic heterocycles. The molecule has 108 valence electrons. The number of halogens is 3. The van der Waals surface area contributed by atoms with Crippen molar-refractivity contribution >= 4 is 17.5 Å². The lowest BCUT2D eigenvalue weighted by Gasteiger charge is -2.23. The SMILES string of the molecule is CC1NC(=O)CCN(c2cccc(C(F)(F)F)c2)C1=O. The molecule has 7 heteroatoms. The van der Waals surface area contributed by atoms with Gasteiger partial charge in [0.1, 0.15) is 6.04 Å². The van der Waals surface area contributed by atoms with Crippen LogP contribution in [0.25, 0.3) is 0 Å². The number of nitrogens with zero attached hydrogens (tertiary/aromatic N) is 1. The minimum Gasteiger partial charge on any atom is -0.345 e. The summed E-state index contributed by atoms with van der Waals surface area (Å²) in [6.45, 7) is 1.57. The second kappa shape index (κ2) is 5.15. The quantitative estimate of drug-likeness (QED) is 0.857. The van der Waals surface area contributed by atoms with Crippen molar-refractivity contribution in [2.24, 2.45) is 0 Å². The number of amides is 2. The van der Waals surface area contributed by atoms with Gasteiger partial charge in [-0.2, -0.15) is 13.2 Å². The second-order valence-electron chi connectivity index (χ2n) is 4.58. The Bertz CT molecular complexity index is 543. The maximum atomic E-state index is 12.7. The van der Waals surface area contributed by atoms with E-state index in [2.05, 4.69) is 5.32 Å². The molecule has 2 rings (SSSR count). The van der Waals surface area contributed by atoms with E-state index in [4.69, 9.17) is 0 Å². The molecule has 1 saturated heterocycles. The minimum atomic E-state index is -4.47. The Morgan fingerprint density at radius 3 is 2.65 bits per heavy atom. The maximum Gasteiger partial charge on any atom is 0.416 e. The fourth-order valence-electron chi connectivity index (χ4n) is 2.04. The number of anilines is 1. The largest absolute Gasteiger partial charge is 0.416 e. The van der Waals surface area contributed by atoms with Crippen molar-refractivity contribution in [3.63, 3.8) is 0 Å². The van der Waals surface area contributed by atoms with Gasteiger partial charge >= 0.3 is 6.18 Å². The molecule has 2 amide bonds. The Morgan fingerprint density at radius 1 is 1.30 bits per heavy atom. The van der Waals surface area contributed by atoms with Gasteiger partial charge in [0.25, 0.3) is 0 Å². The van der Waals surface area contributed by atoms with Crippen LogP contribution in [-0.2, 0) is 15.8 Å². The topological polar surface area (TPSA) is 49.4 Å². The van der Waals surface area contributed by atoms with Gasteiger partial charge in [0.05, 0.1) is 5.56 Å². The zero-order valence-electron chi connectivity index (χ0n) is 10.7. The van der Waals surface area contributed by atoms with Gasteiger partial charge in [-0.05, 0) is 25.1 Å². The van der Waals surface area contributed by atoms with Crippen LogP contribution in [0.2, 0.25) is 0 Å². The molecule has 0 bridgehead atoms.